The van der Waals surface area contributed by atoms with E-state index in [0.29, 0.717) is 11.1 Å². The fraction of sp³-hybridized carbons (Fsp3) is 0.400. The van der Waals surface area contributed by atoms with Crippen LogP contribution in [0.15, 0.2) is 65.8 Å². The molecule has 166 valence electrons. The van der Waals surface area contributed by atoms with Crippen molar-refractivity contribution >= 4 is 17.7 Å². The van der Waals surface area contributed by atoms with E-state index in [9.17, 15) is 4.79 Å². The van der Waals surface area contributed by atoms with Gasteiger partial charge in [0, 0.05) is 38.6 Å². The molecule has 32 heavy (non-hydrogen) atoms. The van der Waals surface area contributed by atoms with Gasteiger partial charge in [-0.3, -0.25) is 9.69 Å². The van der Waals surface area contributed by atoms with Crippen molar-refractivity contribution in [2.45, 2.75) is 42.6 Å². The zero-order valence-corrected chi connectivity index (χ0v) is 19.2. The van der Waals surface area contributed by atoms with E-state index in [1.165, 1.54) is 17.3 Å². The van der Waals surface area contributed by atoms with Crippen molar-refractivity contribution in [3.8, 4) is 5.69 Å². The summed E-state index contributed by atoms with van der Waals surface area (Å²) in [5.74, 6) is 1.69. The van der Waals surface area contributed by atoms with Gasteiger partial charge in [0.1, 0.15) is 5.82 Å². The molecule has 2 heterocycles. The smallest absolute Gasteiger partial charge is 0.235 e. The highest BCUT2D eigenvalue weighted by Gasteiger charge is 2.32. The number of piperazine rings is 1. The Hall–Kier alpha value is -2.64. The summed E-state index contributed by atoms with van der Waals surface area (Å²) in [5.41, 5.74) is 2.35. The molecule has 0 bridgehead atoms. The number of carbonyl (C=O) groups is 1. The van der Waals surface area contributed by atoms with Gasteiger partial charge >= 0.3 is 0 Å². The van der Waals surface area contributed by atoms with E-state index >= 15 is 0 Å². The van der Waals surface area contributed by atoms with E-state index < -0.39 is 0 Å². The lowest BCUT2D eigenvalue weighted by atomic mass is 10.2. The van der Waals surface area contributed by atoms with Crippen molar-refractivity contribution in [1.82, 2.24) is 24.6 Å². The first-order chi connectivity index (χ1) is 15.7. The minimum absolute atomic E-state index is 0.179. The molecule has 1 saturated heterocycles. The van der Waals surface area contributed by atoms with Gasteiger partial charge in [-0.1, -0.05) is 60.3 Å². The fourth-order valence-electron chi connectivity index (χ4n) is 4.15. The van der Waals surface area contributed by atoms with E-state index in [1.807, 2.05) is 40.8 Å². The normalized spacial score (nSPS) is 18.0. The van der Waals surface area contributed by atoms with Gasteiger partial charge in [0.25, 0.3) is 0 Å². The van der Waals surface area contributed by atoms with Gasteiger partial charge < -0.3 is 4.90 Å². The maximum absolute atomic E-state index is 13.1. The third-order valence-corrected chi connectivity index (χ3v) is 7.06. The maximum Gasteiger partial charge on any atom is 0.235 e. The number of nitrogens with zero attached hydrogens (tertiary/aromatic N) is 5. The molecular formula is C25H29N5OS. The molecule has 0 unspecified atom stereocenters. The van der Waals surface area contributed by atoms with Gasteiger partial charge in [0.15, 0.2) is 0 Å². The monoisotopic (exact) mass is 447 g/mol. The Balaban J connectivity index is 1.19. The average molecular weight is 448 g/mol. The number of para-hydroxylation sites is 1. The SMILES string of the molecule is C[C@H](Sc1nc(C2CC2)n(-c2ccccc2)n1)C(=O)N1CCN(Cc2ccccc2)CC1. The first kappa shape index (κ1) is 21.2. The Bertz CT molecular complexity index is 1040. The van der Waals surface area contributed by atoms with Gasteiger partial charge in [-0.15, -0.1) is 5.10 Å². The molecule has 5 rings (SSSR count). The second-order valence-electron chi connectivity index (χ2n) is 8.62. The predicted octanol–water partition coefficient (Wildman–Crippen LogP) is 3.97. The minimum Gasteiger partial charge on any atom is -0.339 e. The highest BCUT2D eigenvalue weighted by Crippen LogP contribution is 2.40. The lowest BCUT2D eigenvalue weighted by Gasteiger charge is -2.35. The van der Waals surface area contributed by atoms with Crippen LogP contribution in [0.3, 0.4) is 0 Å². The van der Waals surface area contributed by atoms with Crippen molar-refractivity contribution in [1.29, 1.82) is 0 Å². The van der Waals surface area contributed by atoms with Crippen molar-refractivity contribution in [2.24, 2.45) is 0 Å². The number of hydrogen-bond acceptors (Lipinski definition) is 5. The standard InChI is InChI=1S/C25H29N5OS/c1-19(24(31)29-16-14-28(15-17-29)18-20-8-4-2-5-9-20)32-25-26-23(21-12-13-21)30(27-25)22-10-6-3-7-11-22/h2-11,19,21H,12-18H2,1H3/t19-/m0/s1. The van der Waals surface area contributed by atoms with Crippen LogP contribution >= 0.6 is 11.8 Å². The number of thioether (sulfide) groups is 1. The summed E-state index contributed by atoms with van der Waals surface area (Å²) in [4.78, 5) is 22.3. The molecule has 6 nitrogen and oxygen atoms in total. The molecule has 1 aromatic heterocycles. The van der Waals surface area contributed by atoms with Crippen LogP contribution in [-0.4, -0.2) is 61.9 Å². The van der Waals surface area contributed by atoms with Crippen molar-refractivity contribution in [2.75, 3.05) is 26.2 Å². The first-order valence-electron chi connectivity index (χ1n) is 11.4. The molecule has 1 saturated carbocycles. The van der Waals surface area contributed by atoms with Crippen LogP contribution in [0.25, 0.3) is 5.69 Å². The Labute approximate surface area is 193 Å². The quantitative estimate of drug-likeness (QED) is 0.513. The van der Waals surface area contributed by atoms with E-state index in [1.54, 1.807) is 0 Å². The van der Waals surface area contributed by atoms with Crippen molar-refractivity contribution in [3.05, 3.63) is 72.1 Å². The second kappa shape index (κ2) is 9.46. The highest BCUT2D eigenvalue weighted by molar-refractivity contribution is 8.00. The zero-order chi connectivity index (χ0) is 21.9. The topological polar surface area (TPSA) is 54.3 Å². The molecule has 0 N–H and O–H groups in total. The summed E-state index contributed by atoms with van der Waals surface area (Å²) in [6.07, 6.45) is 2.33. The number of amides is 1. The van der Waals surface area contributed by atoms with Gasteiger partial charge in [0.2, 0.25) is 11.1 Å². The second-order valence-corrected chi connectivity index (χ2v) is 9.93. The number of rotatable bonds is 7. The highest BCUT2D eigenvalue weighted by atomic mass is 32.2. The number of benzene rings is 2. The number of hydrogen-bond donors (Lipinski definition) is 0. The van der Waals surface area contributed by atoms with Gasteiger partial charge in [0.05, 0.1) is 10.9 Å². The predicted molar refractivity (Wildman–Crippen MR) is 127 cm³/mol. The molecule has 2 aromatic carbocycles. The van der Waals surface area contributed by atoms with Gasteiger partial charge in [-0.05, 0) is 37.5 Å². The Kier molecular flexibility index (Phi) is 6.28. The summed E-state index contributed by atoms with van der Waals surface area (Å²) < 4.78 is 1.96. The summed E-state index contributed by atoms with van der Waals surface area (Å²) in [7, 11) is 0. The van der Waals surface area contributed by atoms with Crippen LogP contribution in [0.1, 0.15) is 37.1 Å². The Morgan fingerprint density at radius 2 is 1.66 bits per heavy atom. The molecule has 1 aliphatic heterocycles. The largest absolute Gasteiger partial charge is 0.339 e. The third kappa shape index (κ3) is 4.89. The number of carbonyl (C=O) groups excluding carboxylic acids is 1. The first-order valence-corrected chi connectivity index (χ1v) is 12.3. The van der Waals surface area contributed by atoms with E-state index in [4.69, 9.17) is 10.1 Å². The molecule has 2 aliphatic rings. The van der Waals surface area contributed by atoms with Gasteiger partial charge in [-0.25, -0.2) is 9.67 Å². The molecule has 7 heteroatoms. The van der Waals surface area contributed by atoms with Crippen LogP contribution in [0.4, 0.5) is 0 Å². The summed E-state index contributed by atoms with van der Waals surface area (Å²) in [6, 6.07) is 20.7. The van der Waals surface area contributed by atoms with Crippen molar-refractivity contribution < 1.29 is 4.79 Å². The minimum atomic E-state index is -0.200. The Morgan fingerprint density at radius 3 is 2.31 bits per heavy atom. The van der Waals surface area contributed by atoms with Crippen LogP contribution in [0.2, 0.25) is 0 Å². The third-order valence-electron chi connectivity index (χ3n) is 6.12. The Morgan fingerprint density at radius 1 is 1.00 bits per heavy atom. The van der Waals surface area contributed by atoms with E-state index in [2.05, 4.69) is 41.3 Å². The van der Waals surface area contributed by atoms with Crippen LogP contribution in [-0.2, 0) is 11.3 Å². The molecule has 1 aliphatic carbocycles. The van der Waals surface area contributed by atoms with Crippen LogP contribution in [0.5, 0.6) is 0 Å². The summed E-state index contributed by atoms with van der Waals surface area (Å²) in [6.45, 7) is 6.28. The number of aromatic nitrogens is 3. The van der Waals surface area contributed by atoms with E-state index in [0.717, 1.165) is 57.1 Å². The van der Waals surface area contributed by atoms with E-state index in [-0.39, 0.29) is 11.2 Å². The van der Waals surface area contributed by atoms with Gasteiger partial charge in [-0.2, -0.15) is 0 Å². The average Bonchev–Trinajstić information content (AvgIpc) is 3.60. The summed E-state index contributed by atoms with van der Waals surface area (Å²) >= 11 is 1.48. The lowest BCUT2D eigenvalue weighted by molar-refractivity contribution is -0.132. The molecule has 3 aromatic rings. The molecular weight excluding hydrogens is 418 g/mol. The zero-order valence-electron chi connectivity index (χ0n) is 18.4. The molecule has 2 fully saturated rings. The lowest BCUT2D eigenvalue weighted by Crippen LogP contribution is -2.50. The molecule has 1 amide bonds. The van der Waals surface area contributed by atoms with Crippen LogP contribution < -0.4 is 0 Å². The van der Waals surface area contributed by atoms with Crippen LogP contribution in [0, 0.1) is 0 Å². The summed E-state index contributed by atoms with van der Waals surface area (Å²) in [5, 5.41) is 5.25. The molecule has 0 spiro atoms. The molecule has 0 radical (unpaired) electrons. The van der Waals surface area contributed by atoms with Crippen molar-refractivity contribution in [3.63, 3.8) is 0 Å². The maximum atomic E-state index is 13.1. The fourth-order valence-corrected chi connectivity index (χ4v) is 4.99. The molecule has 1 atom stereocenters.